The highest BCUT2D eigenvalue weighted by molar-refractivity contribution is 5.67. The lowest BCUT2D eigenvalue weighted by Crippen LogP contribution is -2.10. The van der Waals surface area contributed by atoms with Gasteiger partial charge in [-0.3, -0.25) is 0 Å². The van der Waals surface area contributed by atoms with Crippen molar-refractivity contribution in [3.8, 4) is 22.6 Å². The van der Waals surface area contributed by atoms with Crippen LogP contribution in [0.1, 0.15) is 30.0 Å². The van der Waals surface area contributed by atoms with Gasteiger partial charge in [0.05, 0.1) is 6.54 Å². The smallest absolute Gasteiger partial charge is 0.452 e. The fourth-order valence-electron chi connectivity index (χ4n) is 3.90. The number of hydrogen-bond acceptors (Lipinski definition) is 5. The molecule has 194 valence electrons. The summed E-state index contributed by atoms with van der Waals surface area (Å²) in [5, 5.41) is 7.59. The van der Waals surface area contributed by atoms with Gasteiger partial charge in [0.15, 0.2) is 0 Å². The van der Waals surface area contributed by atoms with E-state index in [1.807, 2.05) is 97.1 Å². The van der Waals surface area contributed by atoms with Crippen LogP contribution in [0.25, 0.3) is 11.1 Å². The number of nitrogens with zero attached hydrogens (tertiary/aromatic N) is 2. The molecule has 0 fully saturated rings. The maximum atomic E-state index is 11.8. The Morgan fingerprint density at radius 1 is 0.711 bits per heavy atom. The quantitative estimate of drug-likeness (QED) is 0.143. The van der Waals surface area contributed by atoms with E-state index in [1.54, 1.807) is 0 Å². The van der Waals surface area contributed by atoms with E-state index in [0.717, 1.165) is 46.6 Å². The van der Waals surface area contributed by atoms with Crippen LogP contribution >= 0.6 is 0 Å². The maximum absolute atomic E-state index is 11.8. The lowest BCUT2D eigenvalue weighted by atomic mass is 10.0. The third-order valence-corrected chi connectivity index (χ3v) is 5.85. The zero-order valence-electron chi connectivity index (χ0n) is 21.6. The van der Waals surface area contributed by atoms with Crippen LogP contribution in [0.3, 0.4) is 0 Å². The van der Waals surface area contributed by atoms with Crippen molar-refractivity contribution in [2.24, 2.45) is 10.2 Å². The van der Waals surface area contributed by atoms with Gasteiger partial charge in [0.25, 0.3) is 0 Å². The van der Waals surface area contributed by atoms with E-state index in [1.165, 1.54) is 5.56 Å². The van der Waals surface area contributed by atoms with E-state index in [9.17, 15) is 4.79 Å². The first-order chi connectivity index (χ1) is 18.7. The second kappa shape index (κ2) is 14.3. The molecule has 6 heteroatoms. The van der Waals surface area contributed by atoms with Gasteiger partial charge < -0.3 is 14.2 Å². The minimum Gasteiger partial charge on any atom is -0.490 e. The lowest BCUT2D eigenvalue weighted by Gasteiger charge is -2.12. The Hall–Kier alpha value is -4.45. The summed E-state index contributed by atoms with van der Waals surface area (Å²) in [7, 11) is 0. The van der Waals surface area contributed by atoms with Crippen LogP contribution in [-0.4, -0.2) is 19.3 Å². The molecule has 4 aromatic carbocycles. The normalized spacial score (nSPS) is 10.9. The number of amides is 1. The molecule has 1 amide bonds. The molecule has 0 atom stereocenters. The third kappa shape index (κ3) is 8.30. The Morgan fingerprint density at radius 2 is 1.37 bits per heavy atom. The summed E-state index contributed by atoms with van der Waals surface area (Å²) in [5.41, 5.74) is 5.25. The Balaban J connectivity index is 1.20. The van der Waals surface area contributed by atoms with Crippen molar-refractivity contribution in [1.82, 2.24) is 0 Å². The highest BCUT2D eigenvalue weighted by Crippen LogP contribution is 2.24. The summed E-state index contributed by atoms with van der Waals surface area (Å²) in [5.74, 6) is 1.73. The molecule has 0 aromatic heterocycles. The first-order valence-electron chi connectivity index (χ1n) is 12.8. The van der Waals surface area contributed by atoms with Gasteiger partial charge in [-0.25, -0.2) is 4.79 Å². The molecule has 4 rings (SSSR count). The van der Waals surface area contributed by atoms with Crippen LogP contribution in [0.2, 0.25) is 0 Å². The van der Waals surface area contributed by atoms with Gasteiger partial charge in [-0.2, -0.15) is 5.11 Å². The number of rotatable bonds is 12. The van der Waals surface area contributed by atoms with Crippen molar-refractivity contribution >= 4 is 6.09 Å². The molecular weight excluding hydrogens is 476 g/mol. The summed E-state index contributed by atoms with van der Waals surface area (Å²) in [6.07, 6.45) is 1.40. The Morgan fingerprint density at radius 3 is 2.11 bits per heavy atom. The average Bonchev–Trinajstić information content (AvgIpc) is 2.96. The van der Waals surface area contributed by atoms with E-state index < -0.39 is 6.09 Å². The fourth-order valence-corrected chi connectivity index (χ4v) is 3.90. The molecule has 0 N–H and O–H groups in total. The predicted octanol–water partition coefficient (Wildman–Crippen LogP) is 8.05. The minimum absolute atomic E-state index is 0.179. The molecule has 0 saturated heterocycles. The Kier molecular flexibility index (Phi) is 10.0. The van der Waals surface area contributed by atoms with E-state index in [2.05, 4.69) is 23.2 Å². The lowest BCUT2D eigenvalue weighted by molar-refractivity contribution is 0.148. The third-order valence-electron chi connectivity index (χ3n) is 5.85. The van der Waals surface area contributed by atoms with Gasteiger partial charge in [0.1, 0.15) is 31.3 Å². The van der Waals surface area contributed by atoms with Crippen molar-refractivity contribution in [3.05, 3.63) is 120 Å². The molecule has 0 heterocycles. The standard InChI is InChI=1S/C32H32N2O4/c1-2-8-29-11-6-7-12-31(29)37-22-21-36-30-19-17-28(18-20-30)27-15-13-25(14-16-27)23-33-34-32(35)38-24-26-9-4-3-5-10-26/h3-7,9-20H,2,8,21-24H2,1H3. The summed E-state index contributed by atoms with van der Waals surface area (Å²) in [6.45, 7) is 3.62. The van der Waals surface area contributed by atoms with Crippen LogP contribution < -0.4 is 9.47 Å². The summed E-state index contributed by atoms with van der Waals surface area (Å²) in [4.78, 5) is 11.8. The van der Waals surface area contributed by atoms with E-state index >= 15 is 0 Å². The van der Waals surface area contributed by atoms with E-state index in [0.29, 0.717) is 19.8 Å². The number of aryl methyl sites for hydroxylation is 1. The minimum atomic E-state index is -0.694. The molecule has 0 bridgehead atoms. The number of azo groups is 1. The molecule has 6 nitrogen and oxygen atoms in total. The van der Waals surface area contributed by atoms with Crippen LogP contribution in [0.4, 0.5) is 4.79 Å². The predicted molar refractivity (Wildman–Crippen MR) is 148 cm³/mol. The highest BCUT2D eigenvalue weighted by Gasteiger charge is 2.04. The van der Waals surface area contributed by atoms with E-state index in [4.69, 9.17) is 14.2 Å². The molecular formula is C32H32N2O4. The Bertz CT molecular complexity index is 1300. The van der Waals surface area contributed by atoms with Crippen molar-refractivity contribution in [2.75, 3.05) is 13.2 Å². The molecule has 0 aliphatic rings. The highest BCUT2D eigenvalue weighted by atomic mass is 16.5. The SMILES string of the molecule is CCCc1ccccc1OCCOc1ccc(-c2ccc(CN=NC(=O)OCc3ccccc3)cc2)cc1. The Labute approximate surface area is 223 Å². The van der Waals surface area contributed by atoms with Gasteiger partial charge in [0.2, 0.25) is 0 Å². The van der Waals surface area contributed by atoms with Crippen LogP contribution in [0.15, 0.2) is 113 Å². The molecule has 0 aliphatic heterocycles. The number of para-hydroxylation sites is 1. The summed E-state index contributed by atoms with van der Waals surface area (Å²) in [6, 6.07) is 33.6. The zero-order valence-corrected chi connectivity index (χ0v) is 21.6. The molecule has 0 aliphatic carbocycles. The fraction of sp³-hybridized carbons (Fsp3) is 0.219. The van der Waals surface area contributed by atoms with Gasteiger partial charge >= 0.3 is 6.09 Å². The molecule has 38 heavy (non-hydrogen) atoms. The van der Waals surface area contributed by atoms with Gasteiger partial charge in [0, 0.05) is 0 Å². The molecule has 0 unspecified atom stereocenters. The topological polar surface area (TPSA) is 69.5 Å². The largest absolute Gasteiger partial charge is 0.490 e. The zero-order chi connectivity index (χ0) is 26.4. The summed E-state index contributed by atoms with van der Waals surface area (Å²) >= 11 is 0. The number of carbonyl (C=O) groups is 1. The van der Waals surface area contributed by atoms with Gasteiger partial charge in [-0.15, -0.1) is 0 Å². The van der Waals surface area contributed by atoms with Gasteiger partial charge in [-0.05, 0) is 52.4 Å². The van der Waals surface area contributed by atoms with Crippen molar-refractivity contribution in [2.45, 2.75) is 32.9 Å². The molecule has 0 radical (unpaired) electrons. The molecule has 0 spiro atoms. The number of benzene rings is 4. The van der Waals surface area contributed by atoms with Crippen LogP contribution in [-0.2, 0) is 24.3 Å². The van der Waals surface area contributed by atoms with E-state index in [-0.39, 0.29) is 6.61 Å². The first-order valence-corrected chi connectivity index (χ1v) is 12.8. The van der Waals surface area contributed by atoms with Crippen molar-refractivity contribution < 1.29 is 19.0 Å². The molecule has 0 saturated carbocycles. The number of hydrogen-bond donors (Lipinski definition) is 0. The number of carbonyl (C=O) groups excluding carboxylic acids is 1. The monoisotopic (exact) mass is 508 g/mol. The second-order valence-corrected chi connectivity index (χ2v) is 8.72. The van der Waals surface area contributed by atoms with Crippen LogP contribution in [0, 0.1) is 0 Å². The average molecular weight is 509 g/mol. The van der Waals surface area contributed by atoms with Crippen molar-refractivity contribution in [1.29, 1.82) is 0 Å². The molecule has 4 aromatic rings. The van der Waals surface area contributed by atoms with Gasteiger partial charge in [-0.1, -0.05) is 103 Å². The number of ether oxygens (including phenoxy) is 3. The second-order valence-electron chi connectivity index (χ2n) is 8.72. The summed E-state index contributed by atoms with van der Waals surface area (Å²) < 4.78 is 16.9. The van der Waals surface area contributed by atoms with Crippen LogP contribution in [0.5, 0.6) is 11.5 Å². The maximum Gasteiger partial charge on any atom is 0.452 e. The van der Waals surface area contributed by atoms with Crippen molar-refractivity contribution in [3.63, 3.8) is 0 Å². The first kappa shape index (κ1) is 26.6.